The van der Waals surface area contributed by atoms with Crippen molar-refractivity contribution < 1.29 is 9.13 Å². The Labute approximate surface area is 109 Å². The molecule has 1 heterocycles. The van der Waals surface area contributed by atoms with Crippen molar-refractivity contribution in [1.82, 2.24) is 5.32 Å². The molecule has 2 unspecified atom stereocenters. The normalized spacial score (nSPS) is 21.1. The molecule has 18 heavy (non-hydrogen) atoms. The maximum atomic E-state index is 13.2. The van der Waals surface area contributed by atoms with Crippen LogP contribution in [0, 0.1) is 5.82 Å². The zero-order valence-electron chi connectivity index (χ0n) is 11.0. The fraction of sp³-hybridized carbons (Fsp3) is 0.600. The third kappa shape index (κ3) is 4.07. The molecular formula is C15H22FNO. The maximum Gasteiger partial charge on any atom is 0.123 e. The van der Waals surface area contributed by atoms with Crippen LogP contribution in [0.5, 0.6) is 0 Å². The summed E-state index contributed by atoms with van der Waals surface area (Å²) in [4.78, 5) is 0. The number of hydrogen-bond acceptors (Lipinski definition) is 2. The molecule has 1 aromatic carbocycles. The zero-order valence-corrected chi connectivity index (χ0v) is 11.0. The summed E-state index contributed by atoms with van der Waals surface area (Å²) in [7, 11) is 0. The molecule has 0 amide bonds. The smallest absolute Gasteiger partial charge is 0.123 e. The first-order chi connectivity index (χ1) is 8.78. The van der Waals surface area contributed by atoms with Crippen molar-refractivity contribution in [1.29, 1.82) is 0 Å². The van der Waals surface area contributed by atoms with E-state index in [1.807, 2.05) is 6.07 Å². The van der Waals surface area contributed by atoms with Crippen LogP contribution in [-0.2, 0) is 11.2 Å². The van der Waals surface area contributed by atoms with Crippen molar-refractivity contribution in [2.24, 2.45) is 0 Å². The molecule has 1 N–H and O–H groups in total. The quantitative estimate of drug-likeness (QED) is 0.839. The summed E-state index contributed by atoms with van der Waals surface area (Å²) in [5.74, 6) is -0.153. The Bertz CT molecular complexity index is 363. The number of hydrogen-bond donors (Lipinski definition) is 1. The molecule has 2 nitrogen and oxygen atoms in total. The molecular weight excluding hydrogens is 229 g/mol. The first kappa shape index (κ1) is 13.5. The fourth-order valence-electron chi connectivity index (χ4n) is 2.62. The Morgan fingerprint density at radius 1 is 1.50 bits per heavy atom. The lowest BCUT2D eigenvalue weighted by molar-refractivity contribution is 0.0947. The zero-order chi connectivity index (χ0) is 12.8. The molecule has 1 aromatic rings. The number of rotatable bonds is 6. The largest absolute Gasteiger partial charge is 0.378 e. The van der Waals surface area contributed by atoms with Crippen molar-refractivity contribution in [3.8, 4) is 0 Å². The summed E-state index contributed by atoms with van der Waals surface area (Å²) < 4.78 is 18.8. The van der Waals surface area contributed by atoms with Crippen LogP contribution in [0.4, 0.5) is 4.39 Å². The molecule has 1 aliphatic rings. The molecule has 2 rings (SSSR count). The summed E-state index contributed by atoms with van der Waals surface area (Å²) in [6.45, 7) is 3.93. The van der Waals surface area contributed by atoms with E-state index in [2.05, 4.69) is 12.2 Å². The highest BCUT2D eigenvalue weighted by Gasteiger charge is 2.20. The lowest BCUT2D eigenvalue weighted by Gasteiger charge is -2.21. The molecule has 0 spiro atoms. The average Bonchev–Trinajstić information content (AvgIpc) is 2.82. The van der Waals surface area contributed by atoms with Gasteiger partial charge in [-0.25, -0.2) is 4.39 Å². The van der Waals surface area contributed by atoms with E-state index in [1.54, 1.807) is 12.1 Å². The van der Waals surface area contributed by atoms with Gasteiger partial charge in [0.25, 0.3) is 0 Å². The van der Waals surface area contributed by atoms with Gasteiger partial charge in [0.1, 0.15) is 5.82 Å². The van der Waals surface area contributed by atoms with Crippen LogP contribution in [0.3, 0.4) is 0 Å². The van der Waals surface area contributed by atoms with Gasteiger partial charge in [0.05, 0.1) is 6.10 Å². The van der Waals surface area contributed by atoms with Gasteiger partial charge in [0, 0.05) is 12.6 Å². The van der Waals surface area contributed by atoms with Crippen molar-refractivity contribution >= 4 is 0 Å². The molecule has 1 aliphatic heterocycles. The van der Waals surface area contributed by atoms with E-state index in [0.717, 1.165) is 38.0 Å². The minimum absolute atomic E-state index is 0.153. The van der Waals surface area contributed by atoms with Gasteiger partial charge in [-0.05, 0) is 49.9 Å². The van der Waals surface area contributed by atoms with E-state index in [9.17, 15) is 4.39 Å². The van der Waals surface area contributed by atoms with Crippen molar-refractivity contribution in [3.63, 3.8) is 0 Å². The molecule has 1 saturated heterocycles. The summed E-state index contributed by atoms with van der Waals surface area (Å²) in [6.07, 6.45) is 4.59. The molecule has 100 valence electrons. The standard InChI is InChI=1S/C15H22FNO/c1-2-17-14(11-15-7-4-8-18-15)10-12-5-3-6-13(16)9-12/h3,5-6,9,14-15,17H,2,4,7-8,10-11H2,1H3. The van der Waals surface area contributed by atoms with E-state index < -0.39 is 0 Å². The van der Waals surface area contributed by atoms with E-state index >= 15 is 0 Å². The Balaban J connectivity index is 1.92. The molecule has 1 fully saturated rings. The SMILES string of the molecule is CCNC(Cc1cccc(F)c1)CC1CCCO1. The Morgan fingerprint density at radius 2 is 2.39 bits per heavy atom. The third-order valence-electron chi connectivity index (χ3n) is 3.44. The monoisotopic (exact) mass is 251 g/mol. The van der Waals surface area contributed by atoms with Gasteiger partial charge in [-0.15, -0.1) is 0 Å². The van der Waals surface area contributed by atoms with Gasteiger partial charge < -0.3 is 10.1 Å². The lowest BCUT2D eigenvalue weighted by atomic mass is 9.99. The molecule has 0 saturated carbocycles. The highest BCUT2D eigenvalue weighted by atomic mass is 19.1. The first-order valence-corrected chi connectivity index (χ1v) is 6.87. The third-order valence-corrected chi connectivity index (χ3v) is 3.44. The molecule has 0 aromatic heterocycles. The van der Waals surface area contributed by atoms with Crippen LogP contribution < -0.4 is 5.32 Å². The van der Waals surface area contributed by atoms with Gasteiger partial charge in [-0.2, -0.15) is 0 Å². The van der Waals surface area contributed by atoms with Crippen molar-refractivity contribution in [3.05, 3.63) is 35.6 Å². The Hall–Kier alpha value is -0.930. The minimum Gasteiger partial charge on any atom is -0.378 e. The number of ether oxygens (including phenoxy) is 1. The summed E-state index contributed by atoms with van der Waals surface area (Å²) >= 11 is 0. The van der Waals surface area contributed by atoms with Gasteiger partial charge in [-0.3, -0.25) is 0 Å². The van der Waals surface area contributed by atoms with Gasteiger partial charge >= 0.3 is 0 Å². The van der Waals surface area contributed by atoms with Crippen LogP contribution >= 0.6 is 0 Å². The van der Waals surface area contributed by atoms with Crippen LogP contribution in [0.2, 0.25) is 0 Å². The summed E-state index contributed by atoms with van der Waals surface area (Å²) in [5.41, 5.74) is 1.05. The van der Waals surface area contributed by atoms with Gasteiger partial charge in [-0.1, -0.05) is 19.1 Å². The van der Waals surface area contributed by atoms with Crippen LogP contribution in [0.25, 0.3) is 0 Å². The Morgan fingerprint density at radius 3 is 3.06 bits per heavy atom. The van der Waals surface area contributed by atoms with Crippen LogP contribution in [0.1, 0.15) is 31.7 Å². The molecule has 2 atom stereocenters. The minimum atomic E-state index is -0.153. The lowest BCUT2D eigenvalue weighted by Crippen LogP contribution is -2.34. The topological polar surface area (TPSA) is 21.3 Å². The maximum absolute atomic E-state index is 13.2. The van der Waals surface area contributed by atoms with E-state index in [4.69, 9.17) is 4.74 Å². The fourth-order valence-corrected chi connectivity index (χ4v) is 2.62. The molecule has 0 bridgehead atoms. The van der Waals surface area contributed by atoms with Crippen LogP contribution in [-0.4, -0.2) is 25.3 Å². The van der Waals surface area contributed by atoms with E-state index in [0.29, 0.717) is 12.1 Å². The second kappa shape index (κ2) is 6.86. The Kier molecular flexibility index (Phi) is 5.14. The second-order valence-electron chi connectivity index (χ2n) is 4.96. The second-order valence-corrected chi connectivity index (χ2v) is 4.96. The molecule has 3 heteroatoms. The first-order valence-electron chi connectivity index (χ1n) is 6.87. The van der Waals surface area contributed by atoms with E-state index in [1.165, 1.54) is 12.5 Å². The highest BCUT2D eigenvalue weighted by molar-refractivity contribution is 5.17. The number of nitrogens with one attached hydrogen (secondary N) is 1. The van der Waals surface area contributed by atoms with Gasteiger partial charge in [0.15, 0.2) is 0 Å². The average molecular weight is 251 g/mol. The van der Waals surface area contributed by atoms with Gasteiger partial charge in [0.2, 0.25) is 0 Å². The van der Waals surface area contributed by atoms with Crippen LogP contribution in [0.15, 0.2) is 24.3 Å². The van der Waals surface area contributed by atoms with Crippen molar-refractivity contribution in [2.75, 3.05) is 13.2 Å². The predicted molar refractivity (Wildman–Crippen MR) is 71.2 cm³/mol. The van der Waals surface area contributed by atoms with Crippen molar-refractivity contribution in [2.45, 2.75) is 44.8 Å². The number of halogens is 1. The summed E-state index contributed by atoms with van der Waals surface area (Å²) in [6, 6.07) is 7.26. The molecule has 0 radical (unpaired) electrons. The van der Waals surface area contributed by atoms with E-state index in [-0.39, 0.29) is 5.82 Å². The highest BCUT2D eigenvalue weighted by Crippen LogP contribution is 2.19. The number of likely N-dealkylation sites (N-methyl/N-ethyl adjacent to an activating group) is 1. The predicted octanol–water partition coefficient (Wildman–Crippen LogP) is 2.92. The summed E-state index contributed by atoms with van der Waals surface area (Å²) in [5, 5.41) is 3.47. The number of benzene rings is 1. The molecule has 0 aliphatic carbocycles.